The van der Waals surface area contributed by atoms with Gasteiger partial charge in [-0.25, -0.2) is 9.36 Å². The van der Waals surface area contributed by atoms with Crippen molar-refractivity contribution in [2.75, 3.05) is 5.32 Å². The molecule has 1 N–H and O–H groups in total. The van der Waals surface area contributed by atoms with E-state index in [1.807, 2.05) is 72.8 Å². The van der Waals surface area contributed by atoms with Gasteiger partial charge in [0.25, 0.3) is 5.56 Å². The molecule has 0 bridgehead atoms. The Bertz CT molecular complexity index is 1480. The highest BCUT2D eigenvalue weighted by molar-refractivity contribution is 6.02. The van der Waals surface area contributed by atoms with Crippen LogP contribution in [0.1, 0.15) is 5.69 Å². The average molecular weight is 409 g/mol. The first kappa shape index (κ1) is 18.7. The standard InChI is InChI=1S/C24H19N5O2/c1-16-20-14-25-29(18-10-3-2-4-11-18)23(20)24(31)28(27-16)15-22(30)26-21-13-7-9-17-8-5-6-12-19(17)21/h2-14H,15H2,1H3,(H,26,30). The van der Waals surface area contributed by atoms with Gasteiger partial charge in [-0.1, -0.05) is 54.6 Å². The molecular weight excluding hydrogens is 390 g/mol. The molecule has 5 aromatic rings. The quantitative estimate of drug-likeness (QED) is 0.491. The summed E-state index contributed by atoms with van der Waals surface area (Å²) in [4.78, 5) is 26.0. The lowest BCUT2D eigenvalue weighted by atomic mass is 10.1. The number of para-hydroxylation sites is 1. The molecule has 2 heterocycles. The molecule has 31 heavy (non-hydrogen) atoms. The van der Waals surface area contributed by atoms with Crippen LogP contribution in [-0.2, 0) is 11.3 Å². The van der Waals surface area contributed by atoms with Crippen LogP contribution in [0.2, 0.25) is 0 Å². The van der Waals surface area contributed by atoms with Gasteiger partial charge in [0.2, 0.25) is 5.91 Å². The second-order valence-electron chi connectivity index (χ2n) is 7.28. The predicted molar refractivity (Wildman–Crippen MR) is 120 cm³/mol. The van der Waals surface area contributed by atoms with Crippen molar-refractivity contribution in [2.45, 2.75) is 13.5 Å². The van der Waals surface area contributed by atoms with Crippen molar-refractivity contribution in [3.63, 3.8) is 0 Å². The second kappa shape index (κ2) is 7.53. The summed E-state index contributed by atoms with van der Waals surface area (Å²) in [5.41, 5.74) is 2.14. The van der Waals surface area contributed by atoms with Crippen molar-refractivity contribution < 1.29 is 4.79 Å². The van der Waals surface area contributed by atoms with Gasteiger partial charge < -0.3 is 5.32 Å². The summed E-state index contributed by atoms with van der Waals surface area (Å²) >= 11 is 0. The lowest BCUT2D eigenvalue weighted by Crippen LogP contribution is -2.31. The fourth-order valence-electron chi connectivity index (χ4n) is 3.75. The second-order valence-corrected chi connectivity index (χ2v) is 7.28. The normalized spacial score (nSPS) is 11.1. The summed E-state index contributed by atoms with van der Waals surface area (Å²) in [6.07, 6.45) is 1.63. The van der Waals surface area contributed by atoms with Gasteiger partial charge in [-0.2, -0.15) is 10.2 Å². The first-order valence-corrected chi connectivity index (χ1v) is 9.90. The lowest BCUT2D eigenvalue weighted by Gasteiger charge is -2.11. The van der Waals surface area contributed by atoms with Crippen molar-refractivity contribution in [3.8, 4) is 5.69 Å². The Kier molecular flexibility index (Phi) is 4.55. The molecule has 152 valence electrons. The van der Waals surface area contributed by atoms with E-state index in [0.29, 0.717) is 22.3 Å². The molecule has 0 spiro atoms. The van der Waals surface area contributed by atoms with E-state index < -0.39 is 0 Å². The third-order valence-electron chi connectivity index (χ3n) is 5.22. The number of nitrogens with zero attached hydrogens (tertiary/aromatic N) is 4. The van der Waals surface area contributed by atoms with Gasteiger partial charge in [0.05, 0.1) is 17.6 Å². The summed E-state index contributed by atoms with van der Waals surface area (Å²) in [5, 5.41) is 14.3. The fraction of sp³-hybridized carbons (Fsp3) is 0.0833. The van der Waals surface area contributed by atoms with Gasteiger partial charge in [-0.15, -0.1) is 0 Å². The first-order chi connectivity index (χ1) is 15.1. The van der Waals surface area contributed by atoms with E-state index in [0.717, 1.165) is 16.5 Å². The third-order valence-corrected chi connectivity index (χ3v) is 5.22. The van der Waals surface area contributed by atoms with E-state index >= 15 is 0 Å². The van der Waals surface area contributed by atoms with Crippen LogP contribution in [0.15, 0.2) is 83.8 Å². The van der Waals surface area contributed by atoms with Crippen molar-refractivity contribution in [3.05, 3.63) is 95.0 Å². The maximum atomic E-state index is 13.2. The molecule has 0 atom stereocenters. The van der Waals surface area contributed by atoms with E-state index in [2.05, 4.69) is 15.5 Å². The number of amides is 1. The Balaban J connectivity index is 1.51. The van der Waals surface area contributed by atoms with Crippen molar-refractivity contribution >= 4 is 33.3 Å². The molecule has 7 heteroatoms. The summed E-state index contributed by atoms with van der Waals surface area (Å²) in [6, 6.07) is 22.9. The van der Waals surface area contributed by atoms with Crippen LogP contribution in [0, 0.1) is 6.92 Å². The van der Waals surface area contributed by atoms with E-state index in [1.165, 1.54) is 4.68 Å². The number of aryl methyl sites for hydroxylation is 1. The molecule has 5 rings (SSSR count). The van der Waals surface area contributed by atoms with Crippen molar-refractivity contribution in [2.24, 2.45) is 0 Å². The number of nitrogens with one attached hydrogen (secondary N) is 1. The predicted octanol–water partition coefficient (Wildman–Crippen LogP) is 3.68. The summed E-state index contributed by atoms with van der Waals surface area (Å²) < 4.78 is 2.78. The molecule has 0 unspecified atom stereocenters. The largest absolute Gasteiger partial charge is 0.324 e. The van der Waals surface area contributed by atoms with Gasteiger partial charge in [0, 0.05) is 16.5 Å². The van der Waals surface area contributed by atoms with Crippen molar-refractivity contribution in [1.82, 2.24) is 19.6 Å². The SMILES string of the molecule is Cc1nn(CC(=O)Nc2cccc3ccccc23)c(=O)c2c1cnn2-c1ccccc1. The first-order valence-electron chi connectivity index (χ1n) is 9.90. The minimum Gasteiger partial charge on any atom is -0.324 e. The number of benzene rings is 3. The number of hydrogen-bond acceptors (Lipinski definition) is 4. The van der Waals surface area contributed by atoms with Gasteiger partial charge >= 0.3 is 0 Å². The molecule has 2 aromatic heterocycles. The zero-order valence-corrected chi connectivity index (χ0v) is 16.8. The van der Waals surface area contributed by atoms with E-state index in [9.17, 15) is 9.59 Å². The van der Waals surface area contributed by atoms with Crippen LogP contribution in [-0.4, -0.2) is 25.5 Å². The smallest absolute Gasteiger partial charge is 0.293 e. The molecule has 0 radical (unpaired) electrons. The zero-order chi connectivity index (χ0) is 21.4. The summed E-state index contributed by atoms with van der Waals surface area (Å²) in [7, 11) is 0. The Labute approximate surface area is 177 Å². The number of carbonyl (C=O) groups excluding carboxylic acids is 1. The maximum Gasteiger partial charge on any atom is 0.293 e. The Morgan fingerprint density at radius 2 is 1.68 bits per heavy atom. The highest BCUT2D eigenvalue weighted by Gasteiger charge is 2.17. The van der Waals surface area contributed by atoms with E-state index in [1.54, 1.807) is 17.8 Å². The molecule has 0 aliphatic heterocycles. The lowest BCUT2D eigenvalue weighted by molar-refractivity contribution is -0.117. The Morgan fingerprint density at radius 1 is 0.935 bits per heavy atom. The molecule has 1 amide bonds. The highest BCUT2D eigenvalue weighted by atomic mass is 16.2. The van der Waals surface area contributed by atoms with Crippen LogP contribution in [0.5, 0.6) is 0 Å². The van der Waals surface area contributed by atoms with Gasteiger partial charge in [-0.3, -0.25) is 9.59 Å². The van der Waals surface area contributed by atoms with E-state index in [4.69, 9.17) is 0 Å². The van der Waals surface area contributed by atoms with Crippen LogP contribution in [0.3, 0.4) is 0 Å². The van der Waals surface area contributed by atoms with Crippen molar-refractivity contribution in [1.29, 1.82) is 0 Å². The monoisotopic (exact) mass is 409 g/mol. The topological polar surface area (TPSA) is 81.8 Å². The van der Waals surface area contributed by atoms with Gasteiger partial charge in [0.15, 0.2) is 0 Å². The molecule has 7 nitrogen and oxygen atoms in total. The molecule has 0 saturated heterocycles. The number of carbonyl (C=O) groups is 1. The third kappa shape index (κ3) is 3.36. The summed E-state index contributed by atoms with van der Waals surface area (Å²) in [5.74, 6) is -0.324. The van der Waals surface area contributed by atoms with Gasteiger partial charge in [-0.05, 0) is 30.5 Å². The van der Waals surface area contributed by atoms with Crippen LogP contribution in [0.25, 0.3) is 27.4 Å². The molecule has 0 aliphatic rings. The molecule has 3 aromatic carbocycles. The molecule has 0 fully saturated rings. The minimum absolute atomic E-state index is 0.196. The maximum absolute atomic E-state index is 13.2. The Hall–Kier alpha value is -4.26. The average Bonchev–Trinajstić information content (AvgIpc) is 3.24. The number of fused-ring (bicyclic) bond motifs is 2. The summed E-state index contributed by atoms with van der Waals surface area (Å²) in [6.45, 7) is 1.61. The number of anilines is 1. The number of hydrogen-bond donors (Lipinski definition) is 1. The van der Waals surface area contributed by atoms with E-state index in [-0.39, 0.29) is 18.0 Å². The van der Waals surface area contributed by atoms with Crippen LogP contribution < -0.4 is 10.9 Å². The molecule has 0 aliphatic carbocycles. The molecular formula is C24H19N5O2. The number of aromatic nitrogens is 4. The number of rotatable bonds is 4. The highest BCUT2D eigenvalue weighted by Crippen LogP contribution is 2.23. The zero-order valence-electron chi connectivity index (χ0n) is 16.8. The van der Waals surface area contributed by atoms with Crippen LogP contribution in [0.4, 0.5) is 5.69 Å². The Morgan fingerprint density at radius 3 is 2.52 bits per heavy atom. The minimum atomic E-state index is -0.366. The molecule has 0 saturated carbocycles. The van der Waals surface area contributed by atoms with Crippen LogP contribution >= 0.6 is 0 Å². The fourth-order valence-corrected chi connectivity index (χ4v) is 3.75. The van der Waals surface area contributed by atoms with Gasteiger partial charge in [0.1, 0.15) is 12.1 Å².